The smallest absolute Gasteiger partial charge is 0.408 e. The molecule has 13 heteroatoms. The summed E-state index contributed by atoms with van der Waals surface area (Å²) in [4.78, 5) is 15.7. The van der Waals surface area contributed by atoms with Crippen LogP contribution in [0.2, 0.25) is 0 Å². The van der Waals surface area contributed by atoms with Crippen molar-refractivity contribution in [1.29, 1.82) is 0 Å². The first kappa shape index (κ1) is 27.9. The van der Waals surface area contributed by atoms with Crippen LogP contribution in [0.4, 0.5) is 13.6 Å². The molecule has 214 valence electrons. The number of halogens is 2. The number of hydrogen-bond donors (Lipinski definition) is 1. The van der Waals surface area contributed by atoms with Gasteiger partial charge < -0.3 is 14.6 Å². The summed E-state index contributed by atoms with van der Waals surface area (Å²) in [6.45, 7) is 7.01. The van der Waals surface area contributed by atoms with E-state index >= 15 is 0 Å². The average molecular weight is 569 g/mol. The van der Waals surface area contributed by atoms with Gasteiger partial charge in [0, 0.05) is 55.2 Å². The van der Waals surface area contributed by atoms with E-state index in [1.807, 2.05) is 0 Å². The monoisotopic (exact) mass is 568 g/mol. The van der Waals surface area contributed by atoms with Gasteiger partial charge in [-0.25, -0.2) is 22.0 Å². The third-order valence-corrected chi connectivity index (χ3v) is 9.83. The van der Waals surface area contributed by atoms with Crippen LogP contribution in [0.15, 0.2) is 24.4 Å². The second-order valence-electron chi connectivity index (χ2n) is 11.4. The Kier molecular flexibility index (Phi) is 7.46. The lowest BCUT2D eigenvalue weighted by atomic mass is 9.88. The number of amides is 1. The first-order valence-corrected chi connectivity index (χ1v) is 14.6. The van der Waals surface area contributed by atoms with E-state index < -0.39 is 50.7 Å². The number of benzene rings is 1. The van der Waals surface area contributed by atoms with Gasteiger partial charge in [0.15, 0.2) is 0 Å². The van der Waals surface area contributed by atoms with Crippen molar-refractivity contribution in [3.8, 4) is 0 Å². The average Bonchev–Trinajstić information content (AvgIpc) is 3.45. The molecule has 3 aliphatic heterocycles. The third kappa shape index (κ3) is 5.41. The van der Waals surface area contributed by atoms with Crippen molar-refractivity contribution in [3.05, 3.63) is 52.9 Å². The highest BCUT2D eigenvalue weighted by Crippen LogP contribution is 2.39. The molecule has 0 aliphatic carbocycles. The molecule has 0 bridgehead atoms. The van der Waals surface area contributed by atoms with Gasteiger partial charge in [-0.2, -0.15) is 9.19 Å². The van der Waals surface area contributed by atoms with Crippen molar-refractivity contribution in [2.24, 2.45) is 0 Å². The number of fused-ring (bicyclic) bond motifs is 1. The maximum atomic E-state index is 14.8. The molecule has 5 rings (SSSR count). The highest BCUT2D eigenvalue weighted by molar-refractivity contribution is 7.90. The number of nitrogens with zero attached hydrogens (tertiary/aromatic N) is 4. The number of aromatic nitrogens is 2. The maximum absolute atomic E-state index is 14.8. The van der Waals surface area contributed by atoms with E-state index in [2.05, 4.69) is 10.00 Å². The van der Waals surface area contributed by atoms with Crippen molar-refractivity contribution >= 4 is 16.1 Å². The van der Waals surface area contributed by atoms with Crippen LogP contribution < -0.4 is 0 Å². The lowest BCUT2D eigenvalue weighted by molar-refractivity contribution is -0.102. The van der Waals surface area contributed by atoms with Crippen LogP contribution in [-0.2, 0) is 32.6 Å². The van der Waals surface area contributed by atoms with Crippen molar-refractivity contribution in [2.75, 3.05) is 19.8 Å². The number of hydrogen-bond acceptors (Lipinski definition) is 7. The normalized spacial score (nSPS) is 25.0. The molecule has 1 amide bonds. The van der Waals surface area contributed by atoms with Gasteiger partial charge in [-0.05, 0) is 58.2 Å². The Morgan fingerprint density at radius 3 is 2.54 bits per heavy atom. The van der Waals surface area contributed by atoms with E-state index in [1.54, 1.807) is 27.0 Å². The second-order valence-corrected chi connectivity index (χ2v) is 13.5. The predicted molar refractivity (Wildman–Crippen MR) is 136 cm³/mol. The topological polar surface area (TPSA) is 114 Å². The zero-order valence-electron chi connectivity index (χ0n) is 22.2. The van der Waals surface area contributed by atoms with E-state index in [1.165, 1.54) is 4.90 Å². The SMILES string of the molecule is CC(C)(C)N(C(=O)O)[C@H]1C[C@@H](N2Cc3cn(S(=O)(=O)C4CCOCC4)nc3C2)CO[C@@H]1c1cc(F)ccc1F. The van der Waals surface area contributed by atoms with Crippen LogP contribution in [0.5, 0.6) is 0 Å². The molecular weight excluding hydrogens is 534 g/mol. The lowest BCUT2D eigenvalue weighted by Gasteiger charge is -2.48. The van der Waals surface area contributed by atoms with Gasteiger partial charge in [-0.15, -0.1) is 0 Å². The molecule has 39 heavy (non-hydrogen) atoms. The van der Waals surface area contributed by atoms with E-state index in [-0.39, 0.29) is 18.2 Å². The van der Waals surface area contributed by atoms with Crippen molar-refractivity contribution in [3.63, 3.8) is 0 Å². The van der Waals surface area contributed by atoms with Crippen molar-refractivity contribution < 1.29 is 36.6 Å². The molecule has 3 aliphatic rings. The Morgan fingerprint density at radius 1 is 1.18 bits per heavy atom. The van der Waals surface area contributed by atoms with Gasteiger partial charge in [-0.1, -0.05) is 0 Å². The summed E-state index contributed by atoms with van der Waals surface area (Å²) < 4.78 is 67.5. The summed E-state index contributed by atoms with van der Waals surface area (Å²) in [5.74, 6) is -1.30. The van der Waals surface area contributed by atoms with Gasteiger partial charge >= 0.3 is 6.09 Å². The van der Waals surface area contributed by atoms with E-state index in [0.717, 1.165) is 27.8 Å². The summed E-state index contributed by atoms with van der Waals surface area (Å²) in [7, 11) is -3.63. The molecule has 10 nitrogen and oxygen atoms in total. The molecule has 1 N–H and O–H groups in total. The highest BCUT2D eigenvalue weighted by Gasteiger charge is 2.46. The molecule has 4 heterocycles. The zero-order chi connectivity index (χ0) is 28.1. The van der Waals surface area contributed by atoms with Crippen LogP contribution in [0.3, 0.4) is 0 Å². The standard InChI is InChI=1S/C26H34F2N4O6S/c1-26(2,3)32(25(33)34)23-11-18(15-38-24(23)20-10-17(27)4-5-21(20)28)30-12-16-13-31(29-22(16)14-30)39(35,36)19-6-8-37-9-7-19/h4-5,10,13,18-19,23-24H,6-9,11-12,14-15H2,1-3H3,(H,33,34)/t18-,23+,24-/m1/s1. The van der Waals surface area contributed by atoms with Gasteiger partial charge in [0.05, 0.1) is 23.6 Å². The maximum Gasteiger partial charge on any atom is 0.408 e. The fraction of sp³-hybridized carbons (Fsp3) is 0.615. The first-order chi connectivity index (χ1) is 18.4. The summed E-state index contributed by atoms with van der Waals surface area (Å²) in [6.07, 6.45) is 0.560. The van der Waals surface area contributed by atoms with Crippen molar-refractivity contribution in [1.82, 2.24) is 19.0 Å². The molecule has 0 unspecified atom stereocenters. The minimum Gasteiger partial charge on any atom is -0.465 e. The molecule has 1 aromatic carbocycles. The highest BCUT2D eigenvalue weighted by atomic mass is 32.2. The summed E-state index contributed by atoms with van der Waals surface area (Å²) in [5.41, 5.74) is 0.572. The van der Waals surface area contributed by atoms with Gasteiger partial charge in [0.2, 0.25) is 0 Å². The molecule has 0 saturated carbocycles. The second kappa shape index (κ2) is 10.4. The molecule has 3 atom stereocenters. The summed E-state index contributed by atoms with van der Waals surface area (Å²) in [5, 5.41) is 14.0. The van der Waals surface area contributed by atoms with Crippen LogP contribution in [0.25, 0.3) is 0 Å². The Bertz CT molecular complexity index is 1310. The van der Waals surface area contributed by atoms with Gasteiger partial charge in [0.25, 0.3) is 10.0 Å². The van der Waals surface area contributed by atoms with Gasteiger partial charge in [-0.3, -0.25) is 9.80 Å². The molecule has 2 aromatic rings. The van der Waals surface area contributed by atoms with Crippen LogP contribution in [0.1, 0.15) is 63.0 Å². The molecule has 2 saturated heterocycles. The first-order valence-electron chi connectivity index (χ1n) is 13.1. The molecule has 0 radical (unpaired) electrons. The molecule has 2 fully saturated rings. The summed E-state index contributed by atoms with van der Waals surface area (Å²) in [6, 6.07) is 2.05. The van der Waals surface area contributed by atoms with E-state index in [4.69, 9.17) is 9.47 Å². The van der Waals surface area contributed by atoms with Gasteiger partial charge in [0.1, 0.15) is 17.7 Å². The Balaban J connectivity index is 1.37. The van der Waals surface area contributed by atoms with Crippen LogP contribution >= 0.6 is 0 Å². The van der Waals surface area contributed by atoms with Crippen molar-refractivity contribution in [2.45, 2.75) is 82.1 Å². The lowest BCUT2D eigenvalue weighted by Crippen LogP contribution is -2.58. The largest absolute Gasteiger partial charge is 0.465 e. The minimum atomic E-state index is -3.63. The Hall–Kier alpha value is -2.61. The number of rotatable bonds is 5. The predicted octanol–water partition coefficient (Wildman–Crippen LogP) is 3.51. The Labute approximate surface area is 226 Å². The van der Waals surface area contributed by atoms with Crippen LogP contribution in [-0.4, -0.2) is 81.3 Å². The summed E-state index contributed by atoms with van der Waals surface area (Å²) >= 11 is 0. The fourth-order valence-electron chi connectivity index (χ4n) is 5.91. The Morgan fingerprint density at radius 2 is 1.90 bits per heavy atom. The zero-order valence-corrected chi connectivity index (χ0v) is 23.0. The van der Waals surface area contributed by atoms with E-state index in [0.29, 0.717) is 51.3 Å². The quantitative estimate of drug-likeness (QED) is 0.583. The van der Waals surface area contributed by atoms with E-state index in [9.17, 15) is 27.1 Å². The molecule has 0 spiro atoms. The fourth-order valence-corrected chi connectivity index (χ4v) is 7.49. The number of carboxylic acid groups (broad SMARTS) is 1. The molecule has 1 aromatic heterocycles. The molecular formula is C26H34F2N4O6S. The number of ether oxygens (including phenoxy) is 2. The number of carbonyl (C=O) groups is 1. The minimum absolute atomic E-state index is 0.0201. The third-order valence-electron chi connectivity index (χ3n) is 7.81. The van der Waals surface area contributed by atoms with Crippen LogP contribution in [0, 0.1) is 11.6 Å².